The van der Waals surface area contributed by atoms with Crippen LogP contribution in [0.15, 0.2) is 24.1 Å². The largest absolute Gasteiger partial charge is 0.216 e. The van der Waals surface area contributed by atoms with Crippen LogP contribution in [0.25, 0.3) is 0 Å². The standard InChI is InChI=1S/C7H9F/c8-6-7-4-2-1-3-5-7/h1-2,6H,3-5H2/b7-6-. The Hall–Kier alpha value is -0.590. The highest BCUT2D eigenvalue weighted by Gasteiger charge is 1.97. The van der Waals surface area contributed by atoms with Gasteiger partial charge >= 0.3 is 0 Å². The quantitative estimate of drug-likeness (QED) is 0.422. The normalized spacial score (nSPS) is 24.4. The number of hydrogen-bond acceptors (Lipinski definition) is 0. The molecule has 0 unspecified atom stereocenters. The first kappa shape index (κ1) is 5.54. The fourth-order valence-corrected chi connectivity index (χ4v) is 0.822. The van der Waals surface area contributed by atoms with Gasteiger partial charge in [-0.15, -0.1) is 0 Å². The number of allylic oxidation sites excluding steroid dienone is 3. The van der Waals surface area contributed by atoms with Crippen LogP contribution < -0.4 is 0 Å². The molecule has 0 spiro atoms. The average molecular weight is 112 g/mol. The molecule has 0 saturated heterocycles. The highest BCUT2D eigenvalue weighted by atomic mass is 19.1. The van der Waals surface area contributed by atoms with Crippen molar-refractivity contribution in [1.82, 2.24) is 0 Å². The molecule has 1 aliphatic carbocycles. The summed E-state index contributed by atoms with van der Waals surface area (Å²) in [6.45, 7) is 0. The molecule has 0 N–H and O–H groups in total. The minimum Gasteiger partial charge on any atom is -0.216 e. The smallest absolute Gasteiger partial charge is 0.0862 e. The van der Waals surface area contributed by atoms with E-state index in [0.29, 0.717) is 0 Å². The molecule has 44 valence electrons. The van der Waals surface area contributed by atoms with Crippen molar-refractivity contribution in [3.8, 4) is 0 Å². The molecule has 0 heterocycles. The number of halogens is 1. The van der Waals surface area contributed by atoms with Crippen LogP contribution in [-0.2, 0) is 0 Å². The van der Waals surface area contributed by atoms with E-state index in [1.807, 2.05) is 6.08 Å². The van der Waals surface area contributed by atoms with Gasteiger partial charge in [-0.1, -0.05) is 12.2 Å². The summed E-state index contributed by atoms with van der Waals surface area (Å²) < 4.78 is 11.7. The van der Waals surface area contributed by atoms with Crippen LogP contribution in [0.5, 0.6) is 0 Å². The fraction of sp³-hybridized carbons (Fsp3) is 0.429. The molecule has 0 aromatic heterocycles. The number of hydrogen-bond donors (Lipinski definition) is 0. The van der Waals surface area contributed by atoms with Crippen molar-refractivity contribution in [1.29, 1.82) is 0 Å². The van der Waals surface area contributed by atoms with Crippen molar-refractivity contribution in [2.24, 2.45) is 0 Å². The van der Waals surface area contributed by atoms with Crippen LogP contribution in [0.1, 0.15) is 19.3 Å². The Morgan fingerprint density at radius 1 is 1.50 bits per heavy atom. The number of rotatable bonds is 0. The van der Waals surface area contributed by atoms with E-state index in [2.05, 4.69) is 6.08 Å². The van der Waals surface area contributed by atoms with Crippen molar-refractivity contribution < 1.29 is 4.39 Å². The highest BCUT2D eigenvalue weighted by molar-refractivity contribution is 5.09. The third-order valence-electron chi connectivity index (χ3n) is 1.33. The molecule has 0 nitrogen and oxygen atoms in total. The zero-order valence-corrected chi connectivity index (χ0v) is 4.73. The average Bonchev–Trinajstić information content (AvgIpc) is 1.90. The molecule has 0 saturated carbocycles. The maximum atomic E-state index is 11.7. The van der Waals surface area contributed by atoms with E-state index in [1.54, 1.807) is 0 Å². The predicted molar refractivity (Wildman–Crippen MR) is 32.2 cm³/mol. The van der Waals surface area contributed by atoms with E-state index in [9.17, 15) is 4.39 Å². The van der Waals surface area contributed by atoms with Crippen LogP contribution in [0, 0.1) is 0 Å². The van der Waals surface area contributed by atoms with Crippen LogP contribution in [0.3, 0.4) is 0 Å². The summed E-state index contributed by atoms with van der Waals surface area (Å²) in [6, 6.07) is 0. The van der Waals surface area contributed by atoms with Gasteiger partial charge in [-0.25, -0.2) is 4.39 Å². The summed E-state index contributed by atoms with van der Waals surface area (Å²) in [5.41, 5.74) is 0.924. The second-order valence-electron chi connectivity index (χ2n) is 1.98. The molecular formula is C7H9F. The van der Waals surface area contributed by atoms with Crippen LogP contribution in [0.4, 0.5) is 4.39 Å². The molecule has 0 bridgehead atoms. The lowest BCUT2D eigenvalue weighted by atomic mass is 10.0. The molecule has 0 amide bonds. The molecular weight excluding hydrogens is 103 g/mol. The van der Waals surface area contributed by atoms with Gasteiger partial charge in [0, 0.05) is 0 Å². The van der Waals surface area contributed by atoms with Crippen molar-refractivity contribution in [2.45, 2.75) is 19.3 Å². The van der Waals surface area contributed by atoms with Gasteiger partial charge in [0.2, 0.25) is 0 Å². The topological polar surface area (TPSA) is 0 Å². The summed E-state index contributed by atoms with van der Waals surface area (Å²) >= 11 is 0. The lowest BCUT2D eigenvalue weighted by Gasteiger charge is -2.03. The van der Waals surface area contributed by atoms with Crippen LogP contribution in [-0.4, -0.2) is 0 Å². The minimum atomic E-state index is 0.726. The van der Waals surface area contributed by atoms with Gasteiger partial charge in [-0.05, 0) is 24.8 Å². The molecule has 0 aromatic rings. The summed E-state index contributed by atoms with van der Waals surface area (Å²) in [5, 5.41) is 0. The van der Waals surface area contributed by atoms with E-state index < -0.39 is 0 Å². The van der Waals surface area contributed by atoms with Crippen molar-refractivity contribution in [3.05, 3.63) is 24.1 Å². The lowest BCUT2D eigenvalue weighted by Crippen LogP contribution is -1.84. The second kappa shape index (κ2) is 2.65. The van der Waals surface area contributed by atoms with Gasteiger partial charge in [-0.2, -0.15) is 0 Å². The molecule has 0 aliphatic heterocycles. The van der Waals surface area contributed by atoms with E-state index in [0.717, 1.165) is 31.2 Å². The van der Waals surface area contributed by atoms with Gasteiger partial charge in [0.05, 0.1) is 6.33 Å². The molecule has 1 rings (SSSR count). The van der Waals surface area contributed by atoms with Crippen molar-refractivity contribution in [3.63, 3.8) is 0 Å². The maximum absolute atomic E-state index is 11.7. The SMILES string of the molecule is F/C=C1/CC=CCC1. The van der Waals surface area contributed by atoms with Gasteiger partial charge in [0.25, 0.3) is 0 Å². The predicted octanol–water partition coefficient (Wildman–Crippen LogP) is 2.58. The van der Waals surface area contributed by atoms with Gasteiger partial charge < -0.3 is 0 Å². The Morgan fingerprint density at radius 2 is 2.38 bits per heavy atom. The zero-order valence-electron chi connectivity index (χ0n) is 4.73. The van der Waals surface area contributed by atoms with Gasteiger partial charge in [-0.3, -0.25) is 0 Å². The molecule has 0 atom stereocenters. The van der Waals surface area contributed by atoms with E-state index in [4.69, 9.17) is 0 Å². The summed E-state index contributed by atoms with van der Waals surface area (Å²) in [4.78, 5) is 0. The summed E-state index contributed by atoms with van der Waals surface area (Å²) in [6.07, 6.45) is 7.56. The van der Waals surface area contributed by atoms with E-state index in [-0.39, 0.29) is 0 Å². The Balaban J connectivity index is 2.50. The Morgan fingerprint density at radius 3 is 2.75 bits per heavy atom. The van der Waals surface area contributed by atoms with Gasteiger partial charge in [0.15, 0.2) is 0 Å². The molecule has 0 radical (unpaired) electrons. The second-order valence-corrected chi connectivity index (χ2v) is 1.98. The highest BCUT2D eigenvalue weighted by Crippen LogP contribution is 2.16. The molecule has 0 aromatic carbocycles. The maximum Gasteiger partial charge on any atom is 0.0862 e. The molecule has 1 aliphatic rings. The van der Waals surface area contributed by atoms with E-state index in [1.165, 1.54) is 0 Å². The molecule has 1 heteroatoms. The fourth-order valence-electron chi connectivity index (χ4n) is 0.822. The molecule has 8 heavy (non-hydrogen) atoms. The summed E-state index contributed by atoms with van der Waals surface area (Å²) in [5.74, 6) is 0. The summed E-state index contributed by atoms with van der Waals surface area (Å²) in [7, 11) is 0. The van der Waals surface area contributed by atoms with Crippen molar-refractivity contribution >= 4 is 0 Å². The monoisotopic (exact) mass is 112 g/mol. The third-order valence-corrected chi connectivity index (χ3v) is 1.33. The van der Waals surface area contributed by atoms with E-state index >= 15 is 0 Å². The zero-order chi connectivity index (χ0) is 5.82. The first-order valence-electron chi connectivity index (χ1n) is 2.86. The van der Waals surface area contributed by atoms with Crippen LogP contribution in [0.2, 0.25) is 0 Å². The van der Waals surface area contributed by atoms with Gasteiger partial charge in [0.1, 0.15) is 0 Å². The third kappa shape index (κ3) is 1.19. The lowest BCUT2D eigenvalue weighted by molar-refractivity contribution is 0.689. The van der Waals surface area contributed by atoms with Crippen LogP contribution >= 0.6 is 0 Å². The first-order chi connectivity index (χ1) is 3.93. The van der Waals surface area contributed by atoms with Crippen molar-refractivity contribution in [2.75, 3.05) is 0 Å². The Labute approximate surface area is 48.7 Å². The minimum absolute atomic E-state index is 0.726. The Bertz CT molecular complexity index is 122. The molecule has 0 fully saturated rings. The first-order valence-corrected chi connectivity index (χ1v) is 2.86. The Kier molecular flexibility index (Phi) is 1.84.